The van der Waals surface area contributed by atoms with Crippen LogP contribution in [0.4, 0.5) is 0 Å². The molecule has 0 aromatic carbocycles. The summed E-state index contributed by atoms with van der Waals surface area (Å²) in [7, 11) is -6.50. The van der Waals surface area contributed by atoms with Crippen molar-refractivity contribution in [3.63, 3.8) is 0 Å². The van der Waals surface area contributed by atoms with Gasteiger partial charge in [0.1, 0.15) is 0 Å². The Kier molecular flexibility index (Phi) is 20.7. The van der Waals surface area contributed by atoms with Gasteiger partial charge in [-0.3, -0.25) is 9.35 Å². The van der Waals surface area contributed by atoms with Gasteiger partial charge in [-0.1, -0.05) is 39.0 Å². The Morgan fingerprint density at radius 2 is 1.54 bits per heavy atom. The maximum Gasteiger partial charge on any atom is 1.00 e. The van der Waals surface area contributed by atoms with Gasteiger partial charge in [0, 0.05) is 26.6 Å². The van der Waals surface area contributed by atoms with Crippen LogP contribution < -0.4 is 35.3 Å². The van der Waals surface area contributed by atoms with E-state index in [0.29, 0.717) is 6.42 Å². The Labute approximate surface area is 179 Å². The van der Waals surface area contributed by atoms with Gasteiger partial charge in [-0.05, 0) is 6.42 Å². The van der Waals surface area contributed by atoms with Crippen molar-refractivity contribution in [2.75, 3.05) is 31.6 Å². The molecule has 0 aromatic heterocycles. The van der Waals surface area contributed by atoms with Crippen LogP contribution in [0, 0.1) is 0 Å². The first-order valence-electron chi connectivity index (χ1n) is 8.25. The van der Waals surface area contributed by atoms with E-state index in [1.165, 1.54) is 31.2 Å². The van der Waals surface area contributed by atoms with Crippen molar-refractivity contribution < 1.29 is 60.3 Å². The Morgan fingerprint density at radius 1 is 1.04 bits per heavy atom. The zero-order valence-electron chi connectivity index (χ0n) is 16.0. The fraction of sp³-hybridized carbons (Fsp3) is 0.929. The average molecular weight is 427 g/mol. The van der Waals surface area contributed by atoms with Gasteiger partial charge in [-0.2, -0.15) is 8.42 Å². The molecule has 0 aliphatic rings. The molecule has 26 heavy (non-hydrogen) atoms. The first-order valence-corrected chi connectivity index (χ1v) is 11.4. The van der Waals surface area contributed by atoms with Crippen LogP contribution in [0.15, 0.2) is 0 Å². The molecular formula is C14H31N2NaO7S2. The predicted octanol–water partition coefficient (Wildman–Crippen LogP) is -2.42. The third kappa shape index (κ3) is 26.5. The normalized spacial score (nSPS) is 11.1. The van der Waals surface area contributed by atoms with Crippen LogP contribution in [0.2, 0.25) is 0 Å². The monoisotopic (exact) mass is 426 g/mol. The van der Waals surface area contributed by atoms with Crippen LogP contribution in [0.1, 0.15) is 51.9 Å². The fourth-order valence-electron chi connectivity index (χ4n) is 1.77. The second kappa shape index (κ2) is 17.4. The second-order valence-electron chi connectivity index (χ2n) is 5.67. The zero-order valence-corrected chi connectivity index (χ0v) is 19.6. The smallest absolute Gasteiger partial charge is 0.748 e. The first-order chi connectivity index (χ1) is 11.4. The molecule has 0 saturated carbocycles. The molecule has 0 radical (unpaired) electrons. The number of carbonyl (C=O) groups is 1. The molecule has 0 aliphatic carbocycles. The summed E-state index contributed by atoms with van der Waals surface area (Å²) in [5, 5.41) is 0. The SMILES string of the molecule is CCCCCCCCC(=O)N(C)CCS(=O)(=O)[O-].NCCS(=O)(=O)O.[Na+]. The number of hydrogen-bond acceptors (Lipinski definition) is 7. The predicted molar refractivity (Wildman–Crippen MR) is 95.7 cm³/mol. The summed E-state index contributed by atoms with van der Waals surface area (Å²) in [4.78, 5) is 12.9. The van der Waals surface area contributed by atoms with Gasteiger partial charge >= 0.3 is 29.6 Å². The topological polar surface area (TPSA) is 158 Å². The van der Waals surface area contributed by atoms with Crippen LogP contribution in [0.3, 0.4) is 0 Å². The number of carbonyl (C=O) groups excluding carboxylic acids is 1. The second-order valence-corrected chi connectivity index (χ2v) is 8.77. The number of rotatable bonds is 12. The van der Waals surface area contributed by atoms with Crippen LogP contribution in [-0.4, -0.2) is 68.4 Å². The molecule has 1 amide bonds. The van der Waals surface area contributed by atoms with Gasteiger partial charge in [-0.25, -0.2) is 8.42 Å². The quantitative estimate of drug-likeness (QED) is 0.198. The van der Waals surface area contributed by atoms with Crippen molar-refractivity contribution in [2.24, 2.45) is 5.73 Å². The van der Waals surface area contributed by atoms with E-state index >= 15 is 0 Å². The van der Waals surface area contributed by atoms with Gasteiger partial charge in [0.2, 0.25) is 5.91 Å². The van der Waals surface area contributed by atoms with E-state index < -0.39 is 26.0 Å². The Morgan fingerprint density at radius 3 is 1.92 bits per heavy atom. The van der Waals surface area contributed by atoms with Crippen molar-refractivity contribution in [2.45, 2.75) is 51.9 Å². The maximum atomic E-state index is 11.6. The largest absolute Gasteiger partial charge is 1.00 e. The first kappa shape index (κ1) is 31.0. The van der Waals surface area contributed by atoms with Crippen LogP contribution >= 0.6 is 0 Å². The Hall–Kier alpha value is 0.250. The molecule has 12 heteroatoms. The molecule has 9 nitrogen and oxygen atoms in total. The number of nitrogens with zero attached hydrogens (tertiary/aromatic N) is 1. The molecule has 0 spiro atoms. The summed E-state index contributed by atoms with van der Waals surface area (Å²) in [5.41, 5.74) is 4.78. The average Bonchev–Trinajstić information content (AvgIpc) is 2.46. The molecular weight excluding hydrogens is 395 g/mol. The summed E-state index contributed by atoms with van der Waals surface area (Å²) in [5.74, 6) is -0.951. The summed E-state index contributed by atoms with van der Waals surface area (Å²) in [6.45, 7) is 2.11. The minimum atomic E-state index is -4.23. The minimum Gasteiger partial charge on any atom is -0.748 e. The number of nitrogens with two attached hydrogens (primary N) is 1. The van der Waals surface area contributed by atoms with Crippen molar-refractivity contribution in [1.29, 1.82) is 0 Å². The molecule has 0 heterocycles. The summed E-state index contributed by atoms with van der Waals surface area (Å²) in [6.07, 6.45) is 7.06. The van der Waals surface area contributed by atoms with E-state index in [1.54, 1.807) is 0 Å². The van der Waals surface area contributed by atoms with Crippen LogP contribution in [-0.2, 0) is 25.0 Å². The number of unbranched alkanes of at least 4 members (excludes halogenated alkanes) is 5. The van der Waals surface area contributed by atoms with Crippen LogP contribution in [0.5, 0.6) is 0 Å². The van der Waals surface area contributed by atoms with E-state index in [1.807, 2.05) is 0 Å². The van der Waals surface area contributed by atoms with Gasteiger partial charge in [0.15, 0.2) is 0 Å². The van der Waals surface area contributed by atoms with Crippen molar-refractivity contribution in [1.82, 2.24) is 4.90 Å². The standard InChI is InChI=1S/C12H25NO4S.C2H7NO3S.Na/c1-3-4-5-6-7-8-9-12(14)13(2)10-11-18(15,16)17;3-1-2-7(4,5)6;/h3-11H2,1-2H3,(H,15,16,17);1-3H2,(H,4,5,6);/q;;+1/p-1. The molecule has 3 N–H and O–H groups in total. The van der Waals surface area contributed by atoms with E-state index in [0.717, 1.165) is 19.3 Å². The molecule has 0 aromatic rings. The maximum absolute atomic E-state index is 11.6. The van der Waals surface area contributed by atoms with Crippen molar-refractivity contribution in [3.8, 4) is 0 Å². The third-order valence-corrected chi connectivity index (χ3v) is 4.66. The zero-order chi connectivity index (χ0) is 19.9. The Balaban J connectivity index is -0.000000561. The summed E-state index contributed by atoms with van der Waals surface area (Å²) >= 11 is 0. The molecule has 0 saturated heterocycles. The van der Waals surface area contributed by atoms with Gasteiger partial charge in [0.25, 0.3) is 10.1 Å². The van der Waals surface area contributed by atoms with E-state index in [9.17, 15) is 26.2 Å². The fourth-order valence-corrected chi connectivity index (χ4v) is 2.57. The number of hydrogen-bond donors (Lipinski definition) is 2. The molecule has 152 valence electrons. The van der Waals surface area contributed by atoms with E-state index in [-0.39, 0.29) is 54.3 Å². The van der Waals surface area contributed by atoms with Crippen molar-refractivity contribution in [3.05, 3.63) is 0 Å². The molecule has 0 fully saturated rings. The molecule has 0 rings (SSSR count). The number of amides is 1. The molecule has 0 unspecified atom stereocenters. The third-order valence-electron chi connectivity index (χ3n) is 3.22. The Bertz CT molecular complexity index is 554. The van der Waals surface area contributed by atoms with Gasteiger partial charge in [0.05, 0.1) is 21.6 Å². The molecule has 0 atom stereocenters. The minimum absolute atomic E-state index is 0. The van der Waals surface area contributed by atoms with Crippen LogP contribution in [0.25, 0.3) is 0 Å². The molecule has 0 bridgehead atoms. The van der Waals surface area contributed by atoms with E-state index in [2.05, 4.69) is 6.92 Å². The molecule has 0 aliphatic heterocycles. The van der Waals surface area contributed by atoms with Crippen molar-refractivity contribution >= 4 is 26.1 Å². The van der Waals surface area contributed by atoms with E-state index in [4.69, 9.17) is 10.3 Å². The summed E-state index contributed by atoms with van der Waals surface area (Å²) in [6, 6.07) is 0. The summed E-state index contributed by atoms with van der Waals surface area (Å²) < 4.78 is 58.6. The van der Waals surface area contributed by atoms with Gasteiger partial charge < -0.3 is 15.2 Å². The van der Waals surface area contributed by atoms with Gasteiger partial charge in [-0.15, -0.1) is 0 Å².